The second-order valence-corrected chi connectivity index (χ2v) is 5.45. The molecule has 0 fully saturated rings. The van der Waals surface area contributed by atoms with Gasteiger partial charge in [0.2, 0.25) is 0 Å². The molecule has 0 amide bonds. The summed E-state index contributed by atoms with van der Waals surface area (Å²) in [5, 5.41) is 0. The highest BCUT2D eigenvalue weighted by Gasteiger charge is 2.51. The number of ether oxygens (including phenoxy) is 2. The Hall–Kier alpha value is -2.10. The van der Waals surface area contributed by atoms with Gasteiger partial charge in [0.1, 0.15) is 0 Å². The molecule has 118 valence electrons. The molecule has 2 rings (SSSR count). The maximum atomic E-state index is 12.4. The summed E-state index contributed by atoms with van der Waals surface area (Å²) in [4.78, 5) is 24.8. The summed E-state index contributed by atoms with van der Waals surface area (Å²) in [7, 11) is 0. The van der Waals surface area contributed by atoms with Crippen LogP contribution < -0.4 is 0 Å². The highest BCUT2D eigenvalue weighted by atomic mass is 16.6. The van der Waals surface area contributed by atoms with Crippen LogP contribution in [0.4, 0.5) is 0 Å². The molecular weight excluding hydrogens is 280 g/mol. The van der Waals surface area contributed by atoms with Gasteiger partial charge in [0.15, 0.2) is 5.41 Å². The Morgan fingerprint density at radius 1 is 1.09 bits per heavy atom. The highest BCUT2D eigenvalue weighted by molar-refractivity contribution is 6.03. The van der Waals surface area contributed by atoms with Crippen LogP contribution >= 0.6 is 0 Å². The summed E-state index contributed by atoms with van der Waals surface area (Å²) in [6, 6.07) is 7.95. The average molecular weight is 302 g/mol. The molecule has 0 saturated heterocycles. The Kier molecular flexibility index (Phi) is 5.01. The van der Waals surface area contributed by atoms with Crippen molar-refractivity contribution >= 4 is 17.5 Å². The minimum Gasteiger partial charge on any atom is -0.465 e. The fraction of sp³-hybridized carbons (Fsp3) is 0.444. The van der Waals surface area contributed by atoms with E-state index >= 15 is 0 Å². The summed E-state index contributed by atoms with van der Waals surface area (Å²) < 4.78 is 10.3. The van der Waals surface area contributed by atoms with Gasteiger partial charge in [-0.15, -0.1) is 0 Å². The van der Waals surface area contributed by atoms with E-state index in [2.05, 4.69) is 0 Å². The van der Waals surface area contributed by atoms with Gasteiger partial charge < -0.3 is 9.47 Å². The fourth-order valence-corrected chi connectivity index (χ4v) is 2.84. The van der Waals surface area contributed by atoms with Crippen LogP contribution in [0.25, 0.3) is 5.57 Å². The lowest BCUT2D eigenvalue weighted by Gasteiger charge is -2.24. The summed E-state index contributed by atoms with van der Waals surface area (Å²) in [6.07, 6.45) is 2.61. The molecular formula is C18H22O4. The number of carbonyl (C=O) groups is 2. The van der Waals surface area contributed by atoms with Crippen LogP contribution in [0.5, 0.6) is 0 Å². The summed E-state index contributed by atoms with van der Waals surface area (Å²) in [5.74, 6) is -0.985. The molecule has 4 heteroatoms. The minimum atomic E-state index is -1.23. The Balaban J connectivity index is 2.31. The lowest BCUT2D eigenvalue weighted by Crippen LogP contribution is -2.40. The Bertz CT molecular complexity index is 583. The van der Waals surface area contributed by atoms with E-state index in [9.17, 15) is 9.59 Å². The van der Waals surface area contributed by atoms with Crippen LogP contribution in [0.3, 0.4) is 0 Å². The first-order chi connectivity index (χ1) is 10.5. The standard InChI is InChI=1S/C18H22O4/c1-4-21-16(19)18(17(20)22-5-2)11-10-14(12-18)15-9-7-6-8-13(15)3/h6-10H,4-5,11-12H2,1-3H3. The number of allylic oxidation sites excluding steroid dienone is 2. The predicted molar refractivity (Wildman–Crippen MR) is 84.1 cm³/mol. The molecule has 1 aliphatic carbocycles. The van der Waals surface area contributed by atoms with E-state index < -0.39 is 17.4 Å². The van der Waals surface area contributed by atoms with Crippen LogP contribution in [-0.2, 0) is 19.1 Å². The smallest absolute Gasteiger partial charge is 0.324 e. The normalized spacial score (nSPS) is 16.0. The lowest BCUT2D eigenvalue weighted by atomic mass is 9.83. The SMILES string of the molecule is CCOC(=O)C1(C(=O)OCC)CC=C(c2ccccc2C)C1. The molecule has 0 unspecified atom stereocenters. The van der Waals surface area contributed by atoms with Crippen molar-refractivity contribution in [3.8, 4) is 0 Å². The van der Waals surface area contributed by atoms with Gasteiger partial charge in [-0.25, -0.2) is 0 Å². The Morgan fingerprint density at radius 3 is 2.23 bits per heavy atom. The van der Waals surface area contributed by atoms with Crippen molar-refractivity contribution in [3.05, 3.63) is 41.5 Å². The van der Waals surface area contributed by atoms with E-state index in [0.29, 0.717) is 12.8 Å². The van der Waals surface area contributed by atoms with Crippen LogP contribution in [0.2, 0.25) is 0 Å². The maximum Gasteiger partial charge on any atom is 0.324 e. The largest absolute Gasteiger partial charge is 0.465 e. The summed E-state index contributed by atoms with van der Waals surface area (Å²) in [5.41, 5.74) is 1.96. The molecule has 0 radical (unpaired) electrons. The van der Waals surface area contributed by atoms with Crippen molar-refractivity contribution < 1.29 is 19.1 Å². The monoisotopic (exact) mass is 302 g/mol. The Labute approximate surface area is 131 Å². The first kappa shape index (κ1) is 16.3. The highest BCUT2D eigenvalue weighted by Crippen LogP contribution is 2.44. The molecule has 0 aromatic heterocycles. The van der Waals surface area contributed by atoms with E-state index in [1.54, 1.807) is 13.8 Å². The zero-order valence-electron chi connectivity index (χ0n) is 13.3. The Morgan fingerprint density at radius 2 is 1.68 bits per heavy atom. The zero-order valence-corrected chi connectivity index (χ0v) is 13.3. The van der Waals surface area contributed by atoms with Crippen LogP contribution in [0, 0.1) is 12.3 Å². The van der Waals surface area contributed by atoms with E-state index in [-0.39, 0.29) is 13.2 Å². The van der Waals surface area contributed by atoms with Crippen LogP contribution in [0.1, 0.15) is 37.8 Å². The van der Waals surface area contributed by atoms with Gasteiger partial charge in [-0.05, 0) is 50.3 Å². The maximum absolute atomic E-state index is 12.4. The number of aryl methyl sites for hydroxylation is 1. The number of rotatable bonds is 5. The third-order valence-electron chi connectivity index (χ3n) is 4.01. The van der Waals surface area contributed by atoms with Crippen LogP contribution in [-0.4, -0.2) is 25.2 Å². The van der Waals surface area contributed by atoms with E-state index in [1.165, 1.54) is 0 Å². The topological polar surface area (TPSA) is 52.6 Å². The van der Waals surface area contributed by atoms with Crippen molar-refractivity contribution in [2.45, 2.75) is 33.6 Å². The summed E-state index contributed by atoms with van der Waals surface area (Å²) in [6.45, 7) is 5.99. The molecule has 0 saturated carbocycles. The molecule has 0 aliphatic heterocycles. The second-order valence-electron chi connectivity index (χ2n) is 5.45. The fourth-order valence-electron chi connectivity index (χ4n) is 2.84. The molecule has 1 aromatic carbocycles. The molecule has 0 bridgehead atoms. The van der Waals surface area contributed by atoms with Gasteiger partial charge in [0.25, 0.3) is 0 Å². The minimum absolute atomic E-state index is 0.250. The van der Waals surface area contributed by atoms with Gasteiger partial charge in [0.05, 0.1) is 13.2 Å². The number of hydrogen-bond acceptors (Lipinski definition) is 4. The predicted octanol–water partition coefficient (Wildman–Crippen LogP) is 3.28. The van der Waals surface area contributed by atoms with Gasteiger partial charge in [0, 0.05) is 0 Å². The van der Waals surface area contributed by atoms with Crippen molar-refractivity contribution in [2.24, 2.45) is 5.41 Å². The molecule has 0 spiro atoms. The number of esters is 2. The third kappa shape index (κ3) is 2.91. The lowest BCUT2D eigenvalue weighted by molar-refractivity contribution is -0.171. The first-order valence-corrected chi connectivity index (χ1v) is 7.64. The van der Waals surface area contributed by atoms with Gasteiger partial charge in [-0.2, -0.15) is 0 Å². The number of benzene rings is 1. The molecule has 22 heavy (non-hydrogen) atoms. The molecule has 0 atom stereocenters. The van der Waals surface area contributed by atoms with Crippen molar-refractivity contribution in [3.63, 3.8) is 0 Å². The molecule has 0 N–H and O–H groups in total. The number of carbonyl (C=O) groups excluding carboxylic acids is 2. The van der Waals surface area contributed by atoms with Crippen molar-refractivity contribution in [2.75, 3.05) is 13.2 Å². The van der Waals surface area contributed by atoms with Gasteiger partial charge in [-0.3, -0.25) is 9.59 Å². The van der Waals surface area contributed by atoms with Gasteiger partial charge >= 0.3 is 11.9 Å². The van der Waals surface area contributed by atoms with Crippen LogP contribution in [0.15, 0.2) is 30.3 Å². The van der Waals surface area contributed by atoms with Crippen molar-refractivity contribution in [1.29, 1.82) is 0 Å². The van der Waals surface area contributed by atoms with E-state index in [0.717, 1.165) is 16.7 Å². The van der Waals surface area contributed by atoms with E-state index in [1.807, 2.05) is 37.3 Å². The molecule has 4 nitrogen and oxygen atoms in total. The first-order valence-electron chi connectivity index (χ1n) is 7.64. The van der Waals surface area contributed by atoms with Crippen molar-refractivity contribution in [1.82, 2.24) is 0 Å². The third-order valence-corrected chi connectivity index (χ3v) is 4.01. The van der Waals surface area contributed by atoms with Gasteiger partial charge in [-0.1, -0.05) is 30.3 Å². The average Bonchev–Trinajstić information content (AvgIpc) is 2.94. The summed E-state index contributed by atoms with van der Waals surface area (Å²) >= 11 is 0. The second kappa shape index (κ2) is 6.77. The zero-order chi connectivity index (χ0) is 16.2. The van der Waals surface area contributed by atoms with E-state index in [4.69, 9.17) is 9.47 Å². The quantitative estimate of drug-likeness (QED) is 0.618. The molecule has 1 aliphatic rings. The molecule has 0 heterocycles. The molecule has 1 aromatic rings. The number of hydrogen-bond donors (Lipinski definition) is 0.